The standard InChI is InChI=1S/C19H11Cl3FN3S/c1-9-11(8-27-17(9)10-5-6-12(20)14(22)7-10)18-24-19(26-25-18)16-13(21)3-2-4-15(16)23/h2-8H,1H3,(H,24,25,26). The summed E-state index contributed by atoms with van der Waals surface area (Å²) in [5.41, 5.74) is 3.03. The van der Waals surface area contributed by atoms with E-state index >= 15 is 0 Å². The zero-order valence-corrected chi connectivity index (χ0v) is 16.9. The molecule has 0 atom stereocenters. The lowest BCUT2D eigenvalue weighted by Gasteiger charge is -2.03. The number of thiophene rings is 1. The van der Waals surface area contributed by atoms with Crippen LogP contribution in [0.25, 0.3) is 33.2 Å². The van der Waals surface area contributed by atoms with Crippen LogP contribution in [0.4, 0.5) is 4.39 Å². The number of aromatic nitrogens is 3. The van der Waals surface area contributed by atoms with E-state index in [9.17, 15) is 4.39 Å². The summed E-state index contributed by atoms with van der Waals surface area (Å²) in [4.78, 5) is 5.48. The molecule has 2 aromatic carbocycles. The number of aromatic amines is 1. The van der Waals surface area contributed by atoms with Crippen molar-refractivity contribution in [3.63, 3.8) is 0 Å². The van der Waals surface area contributed by atoms with Crippen molar-refractivity contribution in [3.8, 4) is 33.2 Å². The van der Waals surface area contributed by atoms with Crippen LogP contribution in [0.5, 0.6) is 0 Å². The van der Waals surface area contributed by atoms with Crippen molar-refractivity contribution in [2.45, 2.75) is 6.92 Å². The Kier molecular flexibility index (Phi) is 4.95. The molecule has 2 aromatic heterocycles. The molecule has 27 heavy (non-hydrogen) atoms. The highest BCUT2D eigenvalue weighted by Crippen LogP contribution is 2.39. The van der Waals surface area contributed by atoms with E-state index in [-0.39, 0.29) is 16.4 Å². The molecule has 4 rings (SSSR count). The van der Waals surface area contributed by atoms with Gasteiger partial charge in [0.25, 0.3) is 0 Å². The van der Waals surface area contributed by atoms with Crippen LogP contribution in [0, 0.1) is 12.7 Å². The van der Waals surface area contributed by atoms with Crippen LogP contribution in [-0.2, 0) is 0 Å². The van der Waals surface area contributed by atoms with Gasteiger partial charge in [0, 0.05) is 15.8 Å². The predicted octanol–water partition coefficient (Wildman–Crippen LogP) is 7.27. The molecule has 0 spiro atoms. The van der Waals surface area contributed by atoms with Crippen LogP contribution in [-0.4, -0.2) is 15.2 Å². The third-order valence-electron chi connectivity index (χ3n) is 4.15. The van der Waals surface area contributed by atoms with Gasteiger partial charge in [-0.2, -0.15) is 5.10 Å². The molecule has 0 radical (unpaired) electrons. The first-order valence-corrected chi connectivity index (χ1v) is 9.87. The first-order chi connectivity index (χ1) is 13.0. The van der Waals surface area contributed by atoms with Gasteiger partial charge < -0.3 is 0 Å². The van der Waals surface area contributed by atoms with E-state index in [0.717, 1.165) is 21.6 Å². The highest BCUT2D eigenvalue weighted by atomic mass is 35.5. The van der Waals surface area contributed by atoms with E-state index in [1.54, 1.807) is 29.5 Å². The fourth-order valence-corrected chi connectivity index (χ4v) is 4.40. The summed E-state index contributed by atoms with van der Waals surface area (Å²) in [5.74, 6) is 0.308. The van der Waals surface area contributed by atoms with Gasteiger partial charge in [0.2, 0.25) is 0 Å². The second kappa shape index (κ2) is 7.24. The van der Waals surface area contributed by atoms with Crippen molar-refractivity contribution >= 4 is 46.1 Å². The molecule has 4 aromatic rings. The van der Waals surface area contributed by atoms with Gasteiger partial charge in [-0.15, -0.1) is 11.3 Å². The van der Waals surface area contributed by atoms with E-state index in [0.29, 0.717) is 15.9 Å². The molecule has 3 nitrogen and oxygen atoms in total. The number of H-pyrrole nitrogens is 1. The van der Waals surface area contributed by atoms with Gasteiger partial charge in [-0.3, -0.25) is 5.10 Å². The van der Waals surface area contributed by atoms with Crippen LogP contribution in [0.1, 0.15) is 5.56 Å². The lowest BCUT2D eigenvalue weighted by molar-refractivity contribution is 0.630. The van der Waals surface area contributed by atoms with Gasteiger partial charge in [-0.1, -0.05) is 46.9 Å². The van der Waals surface area contributed by atoms with Gasteiger partial charge in [-0.25, -0.2) is 9.37 Å². The fraction of sp³-hybridized carbons (Fsp3) is 0.0526. The summed E-state index contributed by atoms with van der Waals surface area (Å²) < 4.78 is 14.1. The minimum atomic E-state index is -0.455. The largest absolute Gasteiger partial charge is 0.259 e. The molecule has 136 valence electrons. The Bertz CT molecular complexity index is 1130. The minimum Gasteiger partial charge on any atom is -0.259 e. The van der Waals surface area contributed by atoms with Crippen LogP contribution in [0.2, 0.25) is 15.1 Å². The average Bonchev–Trinajstić information content (AvgIpc) is 3.24. The smallest absolute Gasteiger partial charge is 0.182 e. The summed E-state index contributed by atoms with van der Waals surface area (Å²) >= 11 is 19.8. The topological polar surface area (TPSA) is 41.6 Å². The number of nitrogens with zero attached hydrogens (tertiary/aromatic N) is 2. The first-order valence-electron chi connectivity index (χ1n) is 7.86. The zero-order chi connectivity index (χ0) is 19.1. The maximum absolute atomic E-state index is 14.1. The van der Waals surface area contributed by atoms with Crippen LogP contribution in [0.15, 0.2) is 41.8 Å². The van der Waals surface area contributed by atoms with Gasteiger partial charge in [0.1, 0.15) is 5.82 Å². The number of nitrogens with one attached hydrogen (secondary N) is 1. The van der Waals surface area contributed by atoms with E-state index in [2.05, 4.69) is 15.2 Å². The number of rotatable bonds is 3. The minimum absolute atomic E-state index is 0.204. The van der Waals surface area contributed by atoms with Crippen molar-refractivity contribution in [3.05, 3.63) is 68.2 Å². The predicted molar refractivity (Wildman–Crippen MR) is 110 cm³/mol. The van der Waals surface area contributed by atoms with Crippen LogP contribution >= 0.6 is 46.1 Å². The summed E-state index contributed by atoms with van der Waals surface area (Å²) in [6, 6.07) is 10.0. The quantitative estimate of drug-likeness (QED) is 0.365. The van der Waals surface area contributed by atoms with Gasteiger partial charge in [0.15, 0.2) is 11.6 Å². The maximum atomic E-state index is 14.1. The van der Waals surface area contributed by atoms with E-state index < -0.39 is 5.82 Å². The molecule has 0 fully saturated rings. The third kappa shape index (κ3) is 3.36. The van der Waals surface area contributed by atoms with Gasteiger partial charge in [0.05, 0.1) is 20.6 Å². The molecular formula is C19H11Cl3FN3S. The van der Waals surface area contributed by atoms with Crippen molar-refractivity contribution in [1.82, 2.24) is 15.2 Å². The number of hydrogen-bond acceptors (Lipinski definition) is 3. The van der Waals surface area contributed by atoms with Crippen molar-refractivity contribution in [1.29, 1.82) is 0 Å². The molecule has 8 heteroatoms. The Hall–Kier alpha value is -1.92. The highest BCUT2D eigenvalue weighted by molar-refractivity contribution is 7.14. The van der Waals surface area contributed by atoms with Gasteiger partial charge in [-0.05, 0) is 42.3 Å². The molecule has 0 saturated heterocycles. The molecule has 0 unspecified atom stereocenters. The molecule has 0 amide bonds. The molecule has 0 aliphatic carbocycles. The van der Waals surface area contributed by atoms with Crippen LogP contribution in [0.3, 0.4) is 0 Å². The van der Waals surface area contributed by atoms with E-state index in [1.807, 2.05) is 24.4 Å². The van der Waals surface area contributed by atoms with E-state index in [1.165, 1.54) is 6.07 Å². The SMILES string of the molecule is Cc1c(-c2n[nH]c(-c3c(F)cccc3Cl)n2)csc1-c1ccc(Cl)c(Cl)c1. The zero-order valence-electron chi connectivity index (χ0n) is 13.9. The Morgan fingerprint density at radius 1 is 1.04 bits per heavy atom. The first kappa shape index (κ1) is 18.4. The average molecular weight is 439 g/mol. The third-order valence-corrected chi connectivity index (χ3v) is 6.33. The normalized spacial score (nSPS) is 11.1. The van der Waals surface area contributed by atoms with Crippen molar-refractivity contribution < 1.29 is 4.39 Å². The molecule has 2 heterocycles. The maximum Gasteiger partial charge on any atom is 0.182 e. The second-order valence-electron chi connectivity index (χ2n) is 5.84. The summed E-state index contributed by atoms with van der Waals surface area (Å²) in [7, 11) is 0. The van der Waals surface area contributed by atoms with Crippen molar-refractivity contribution in [2.75, 3.05) is 0 Å². The molecule has 0 bridgehead atoms. The fourth-order valence-electron chi connectivity index (χ4n) is 2.78. The lowest BCUT2D eigenvalue weighted by atomic mass is 10.1. The molecule has 1 N–H and O–H groups in total. The monoisotopic (exact) mass is 437 g/mol. The van der Waals surface area contributed by atoms with Crippen LogP contribution < -0.4 is 0 Å². The Balaban J connectivity index is 1.75. The number of halogens is 4. The summed E-state index contributed by atoms with van der Waals surface area (Å²) in [6.45, 7) is 1.98. The highest BCUT2D eigenvalue weighted by Gasteiger charge is 2.18. The Morgan fingerprint density at radius 3 is 2.59 bits per heavy atom. The molecule has 0 aliphatic rings. The Labute approximate surface area is 173 Å². The number of benzene rings is 2. The number of hydrogen-bond donors (Lipinski definition) is 1. The lowest BCUT2D eigenvalue weighted by Crippen LogP contribution is -1.88. The second-order valence-corrected chi connectivity index (χ2v) is 7.94. The summed E-state index contributed by atoms with van der Waals surface area (Å²) in [6.07, 6.45) is 0. The molecule has 0 saturated carbocycles. The molecule has 0 aliphatic heterocycles. The Morgan fingerprint density at radius 2 is 1.85 bits per heavy atom. The van der Waals surface area contributed by atoms with Crippen molar-refractivity contribution in [2.24, 2.45) is 0 Å². The van der Waals surface area contributed by atoms with E-state index in [4.69, 9.17) is 34.8 Å². The summed E-state index contributed by atoms with van der Waals surface area (Å²) in [5, 5.41) is 10.3. The molecular weight excluding hydrogens is 428 g/mol. The van der Waals surface area contributed by atoms with Gasteiger partial charge >= 0.3 is 0 Å².